The van der Waals surface area contributed by atoms with Crippen LogP contribution in [0.2, 0.25) is 0 Å². The molecule has 2 aromatic rings. The lowest BCUT2D eigenvalue weighted by Gasteiger charge is -2.25. The molecule has 1 saturated heterocycles. The topological polar surface area (TPSA) is 20.3 Å². The summed E-state index contributed by atoms with van der Waals surface area (Å²) in [6.07, 6.45) is 1.82. The molecule has 0 bridgehead atoms. The minimum absolute atomic E-state index is 0.132. The molecule has 0 saturated carbocycles. The van der Waals surface area contributed by atoms with Gasteiger partial charge in [-0.1, -0.05) is 60.2 Å². The lowest BCUT2D eigenvalue weighted by Crippen LogP contribution is -2.30. The van der Waals surface area contributed by atoms with E-state index in [0.717, 1.165) is 19.4 Å². The standard InChI is InChI=1S/C20H23NO/c1-15-7-6-8-17(13-15)14-19-11-12-21(20(19)22)16(2)18-9-4-3-5-10-18/h3-10,13,16,19H,11-12,14H2,1-2H3/t16-,19+/m1/s1. The number of benzene rings is 2. The van der Waals surface area contributed by atoms with Crippen LogP contribution in [0.5, 0.6) is 0 Å². The largest absolute Gasteiger partial charge is 0.336 e. The van der Waals surface area contributed by atoms with Gasteiger partial charge < -0.3 is 4.90 Å². The summed E-state index contributed by atoms with van der Waals surface area (Å²) in [7, 11) is 0. The Morgan fingerprint density at radius 3 is 2.64 bits per heavy atom. The van der Waals surface area contributed by atoms with Crippen LogP contribution in [-0.2, 0) is 11.2 Å². The minimum atomic E-state index is 0.132. The van der Waals surface area contributed by atoms with Crippen LogP contribution in [0.15, 0.2) is 54.6 Å². The zero-order valence-corrected chi connectivity index (χ0v) is 13.3. The van der Waals surface area contributed by atoms with Crippen molar-refractivity contribution in [2.24, 2.45) is 5.92 Å². The quantitative estimate of drug-likeness (QED) is 0.829. The zero-order chi connectivity index (χ0) is 15.5. The monoisotopic (exact) mass is 293 g/mol. The average molecular weight is 293 g/mol. The molecule has 0 unspecified atom stereocenters. The van der Waals surface area contributed by atoms with Gasteiger partial charge in [-0.05, 0) is 37.8 Å². The molecule has 1 aliphatic rings. The lowest BCUT2D eigenvalue weighted by atomic mass is 9.97. The number of hydrogen-bond acceptors (Lipinski definition) is 1. The third-order valence-electron chi connectivity index (χ3n) is 4.66. The van der Waals surface area contributed by atoms with Crippen LogP contribution in [0.3, 0.4) is 0 Å². The van der Waals surface area contributed by atoms with Crippen molar-refractivity contribution in [1.29, 1.82) is 0 Å². The van der Waals surface area contributed by atoms with Crippen LogP contribution in [0.4, 0.5) is 0 Å². The van der Waals surface area contributed by atoms with Gasteiger partial charge in [0.2, 0.25) is 5.91 Å². The first kappa shape index (κ1) is 14.8. The minimum Gasteiger partial charge on any atom is -0.336 e. The Labute approximate surface area is 132 Å². The van der Waals surface area contributed by atoms with E-state index in [1.807, 2.05) is 23.1 Å². The highest BCUT2D eigenvalue weighted by molar-refractivity contribution is 5.81. The summed E-state index contributed by atoms with van der Waals surface area (Å²) in [5.41, 5.74) is 3.75. The van der Waals surface area contributed by atoms with E-state index in [9.17, 15) is 4.79 Å². The third kappa shape index (κ3) is 3.06. The predicted molar refractivity (Wildman–Crippen MR) is 89.6 cm³/mol. The van der Waals surface area contributed by atoms with E-state index in [0.29, 0.717) is 5.91 Å². The van der Waals surface area contributed by atoms with Crippen molar-refractivity contribution in [3.63, 3.8) is 0 Å². The number of aryl methyl sites for hydroxylation is 1. The van der Waals surface area contributed by atoms with Gasteiger partial charge in [0.15, 0.2) is 0 Å². The number of likely N-dealkylation sites (tertiary alicyclic amines) is 1. The number of nitrogens with zero attached hydrogens (tertiary/aromatic N) is 1. The zero-order valence-electron chi connectivity index (χ0n) is 13.3. The summed E-state index contributed by atoms with van der Waals surface area (Å²) in [6.45, 7) is 5.09. The fourth-order valence-corrected chi connectivity index (χ4v) is 3.37. The first-order chi connectivity index (χ1) is 10.6. The van der Waals surface area contributed by atoms with E-state index in [4.69, 9.17) is 0 Å². The normalized spacial score (nSPS) is 19.5. The van der Waals surface area contributed by atoms with E-state index in [1.54, 1.807) is 0 Å². The Hall–Kier alpha value is -2.09. The molecular formula is C20H23NO. The smallest absolute Gasteiger partial charge is 0.226 e. The number of carbonyl (C=O) groups excluding carboxylic acids is 1. The first-order valence-electron chi connectivity index (χ1n) is 8.06. The molecule has 1 aliphatic heterocycles. The lowest BCUT2D eigenvalue weighted by molar-refractivity contribution is -0.132. The number of hydrogen-bond donors (Lipinski definition) is 0. The molecule has 2 heteroatoms. The van der Waals surface area contributed by atoms with Crippen molar-refractivity contribution in [2.45, 2.75) is 32.7 Å². The highest BCUT2D eigenvalue weighted by Crippen LogP contribution is 2.30. The van der Waals surface area contributed by atoms with Gasteiger partial charge in [0.25, 0.3) is 0 Å². The van der Waals surface area contributed by atoms with Crippen LogP contribution >= 0.6 is 0 Å². The maximum absolute atomic E-state index is 12.7. The average Bonchev–Trinajstić information content (AvgIpc) is 2.89. The third-order valence-corrected chi connectivity index (χ3v) is 4.66. The van der Waals surface area contributed by atoms with Crippen molar-refractivity contribution in [2.75, 3.05) is 6.54 Å². The van der Waals surface area contributed by atoms with Gasteiger partial charge in [0.05, 0.1) is 6.04 Å². The molecule has 1 heterocycles. The summed E-state index contributed by atoms with van der Waals surface area (Å²) in [4.78, 5) is 14.8. The second-order valence-corrected chi connectivity index (χ2v) is 6.30. The number of rotatable bonds is 4. The molecule has 22 heavy (non-hydrogen) atoms. The van der Waals surface area contributed by atoms with Crippen molar-refractivity contribution in [1.82, 2.24) is 4.90 Å². The van der Waals surface area contributed by atoms with Crippen LogP contribution in [0, 0.1) is 12.8 Å². The summed E-state index contributed by atoms with van der Waals surface area (Å²) in [6, 6.07) is 19.0. The summed E-state index contributed by atoms with van der Waals surface area (Å²) in [5.74, 6) is 0.436. The molecular weight excluding hydrogens is 270 g/mol. The molecule has 2 atom stereocenters. The summed E-state index contributed by atoms with van der Waals surface area (Å²) >= 11 is 0. The van der Waals surface area contributed by atoms with Crippen LogP contribution < -0.4 is 0 Å². The molecule has 114 valence electrons. The molecule has 2 nitrogen and oxygen atoms in total. The molecule has 0 aromatic heterocycles. The molecule has 0 spiro atoms. The summed E-state index contributed by atoms with van der Waals surface area (Å²) in [5, 5.41) is 0. The number of amides is 1. The van der Waals surface area contributed by atoms with E-state index >= 15 is 0 Å². The molecule has 0 N–H and O–H groups in total. The van der Waals surface area contributed by atoms with Crippen LogP contribution in [-0.4, -0.2) is 17.4 Å². The van der Waals surface area contributed by atoms with E-state index in [1.165, 1.54) is 16.7 Å². The maximum Gasteiger partial charge on any atom is 0.226 e. The van der Waals surface area contributed by atoms with Crippen LogP contribution in [0.1, 0.15) is 36.1 Å². The van der Waals surface area contributed by atoms with Gasteiger partial charge in [-0.3, -0.25) is 4.79 Å². The van der Waals surface area contributed by atoms with Crippen molar-refractivity contribution >= 4 is 5.91 Å². The molecule has 1 fully saturated rings. The molecule has 0 radical (unpaired) electrons. The van der Waals surface area contributed by atoms with E-state index < -0.39 is 0 Å². The first-order valence-corrected chi connectivity index (χ1v) is 8.06. The van der Waals surface area contributed by atoms with Gasteiger partial charge in [0.1, 0.15) is 0 Å². The second-order valence-electron chi connectivity index (χ2n) is 6.30. The highest BCUT2D eigenvalue weighted by Gasteiger charge is 2.34. The van der Waals surface area contributed by atoms with Crippen molar-refractivity contribution in [3.05, 3.63) is 71.3 Å². The van der Waals surface area contributed by atoms with Gasteiger partial charge in [0, 0.05) is 12.5 Å². The fourth-order valence-electron chi connectivity index (χ4n) is 3.37. The maximum atomic E-state index is 12.7. The molecule has 0 aliphatic carbocycles. The van der Waals surface area contributed by atoms with Crippen LogP contribution in [0.25, 0.3) is 0 Å². The Morgan fingerprint density at radius 2 is 1.91 bits per heavy atom. The Kier molecular flexibility index (Phi) is 4.28. The number of carbonyl (C=O) groups is 1. The molecule has 1 amide bonds. The Bertz CT molecular complexity index is 650. The molecule has 3 rings (SSSR count). The van der Waals surface area contributed by atoms with E-state index in [2.05, 4.69) is 50.2 Å². The van der Waals surface area contributed by atoms with Gasteiger partial charge >= 0.3 is 0 Å². The van der Waals surface area contributed by atoms with Gasteiger partial charge in [-0.2, -0.15) is 0 Å². The Morgan fingerprint density at radius 1 is 1.14 bits per heavy atom. The predicted octanol–water partition coefficient (Wildman–Crippen LogP) is 4.15. The van der Waals surface area contributed by atoms with Gasteiger partial charge in [-0.15, -0.1) is 0 Å². The fraction of sp³-hybridized carbons (Fsp3) is 0.350. The highest BCUT2D eigenvalue weighted by atomic mass is 16.2. The summed E-state index contributed by atoms with van der Waals surface area (Å²) < 4.78 is 0. The van der Waals surface area contributed by atoms with Crippen molar-refractivity contribution in [3.8, 4) is 0 Å². The SMILES string of the molecule is Cc1cccc(C[C@@H]2CCN([C@H](C)c3ccccc3)C2=O)c1. The van der Waals surface area contributed by atoms with E-state index in [-0.39, 0.29) is 12.0 Å². The Balaban J connectivity index is 1.70. The van der Waals surface area contributed by atoms with Gasteiger partial charge in [-0.25, -0.2) is 0 Å². The van der Waals surface area contributed by atoms with Crippen molar-refractivity contribution < 1.29 is 4.79 Å². The molecule has 2 aromatic carbocycles. The second kappa shape index (κ2) is 6.35.